The van der Waals surface area contributed by atoms with E-state index in [1.807, 2.05) is 13.8 Å². The second-order valence-electron chi connectivity index (χ2n) is 4.52. The molecule has 2 heterocycles. The number of aromatic nitrogens is 2. The summed E-state index contributed by atoms with van der Waals surface area (Å²) in [7, 11) is 0. The van der Waals surface area contributed by atoms with E-state index in [0.717, 1.165) is 25.1 Å². The zero-order valence-electron chi connectivity index (χ0n) is 10.6. The van der Waals surface area contributed by atoms with Crippen LogP contribution in [0.2, 0.25) is 0 Å². The van der Waals surface area contributed by atoms with Gasteiger partial charge in [0.15, 0.2) is 0 Å². The zero-order chi connectivity index (χ0) is 13.1. The van der Waals surface area contributed by atoms with Crippen molar-refractivity contribution in [1.29, 1.82) is 0 Å². The molecule has 0 aliphatic carbocycles. The van der Waals surface area contributed by atoms with Crippen LogP contribution in [0.15, 0.2) is 15.5 Å². The molecule has 0 spiro atoms. The first-order valence-corrected chi connectivity index (χ1v) is 7.06. The normalized spacial score (nSPS) is 23.3. The van der Waals surface area contributed by atoms with Gasteiger partial charge in [0.25, 0.3) is 5.56 Å². The van der Waals surface area contributed by atoms with E-state index < -0.39 is 0 Å². The van der Waals surface area contributed by atoms with E-state index in [1.54, 1.807) is 6.20 Å². The first-order valence-electron chi connectivity index (χ1n) is 6.27. The molecule has 1 aromatic rings. The van der Waals surface area contributed by atoms with Crippen molar-refractivity contribution in [3.63, 3.8) is 0 Å². The summed E-state index contributed by atoms with van der Waals surface area (Å²) in [4.78, 5) is 12.0. The number of nitrogens with one attached hydrogen (secondary N) is 1. The monoisotopic (exact) mass is 315 g/mol. The van der Waals surface area contributed by atoms with Gasteiger partial charge in [-0.05, 0) is 35.7 Å². The average Bonchev–Trinajstić information content (AvgIpc) is 2.75. The molecule has 0 aromatic carbocycles. The summed E-state index contributed by atoms with van der Waals surface area (Å²) in [5.74, 6) is 0. The number of anilines is 1. The molecule has 1 aliphatic heterocycles. The lowest BCUT2D eigenvalue weighted by molar-refractivity contribution is 0.121. The molecule has 2 atom stereocenters. The summed E-state index contributed by atoms with van der Waals surface area (Å²) in [5.41, 5.74) is 0.656. The second kappa shape index (κ2) is 5.84. The predicted octanol–water partition coefficient (Wildman–Crippen LogP) is 2.01. The Morgan fingerprint density at radius 3 is 3.06 bits per heavy atom. The van der Waals surface area contributed by atoms with Gasteiger partial charge in [-0.15, -0.1) is 0 Å². The minimum absolute atomic E-state index is 0.0894. The fourth-order valence-electron chi connectivity index (χ4n) is 2.06. The average molecular weight is 316 g/mol. The summed E-state index contributed by atoms with van der Waals surface area (Å²) >= 11 is 3.35. The maximum absolute atomic E-state index is 12.0. The van der Waals surface area contributed by atoms with Crippen LogP contribution in [0.3, 0.4) is 0 Å². The summed E-state index contributed by atoms with van der Waals surface area (Å²) < 4.78 is 7.51. The Kier molecular flexibility index (Phi) is 4.40. The number of hydrogen-bond donors (Lipinski definition) is 1. The Balaban J connectivity index is 2.19. The van der Waals surface area contributed by atoms with Crippen LogP contribution < -0.4 is 10.9 Å². The summed E-state index contributed by atoms with van der Waals surface area (Å²) in [6, 6.07) is 0.240. The molecule has 1 fully saturated rings. The summed E-state index contributed by atoms with van der Waals surface area (Å²) in [5, 5.41) is 7.49. The van der Waals surface area contributed by atoms with Crippen LogP contribution in [0.1, 0.15) is 26.7 Å². The maximum atomic E-state index is 12.0. The first-order chi connectivity index (χ1) is 8.63. The van der Waals surface area contributed by atoms with E-state index in [0.29, 0.717) is 11.0 Å². The quantitative estimate of drug-likeness (QED) is 0.923. The van der Waals surface area contributed by atoms with E-state index in [1.165, 1.54) is 4.68 Å². The van der Waals surface area contributed by atoms with Gasteiger partial charge in [0.1, 0.15) is 4.47 Å². The molecule has 1 N–H and O–H groups in total. The van der Waals surface area contributed by atoms with Gasteiger partial charge in [-0.3, -0.25) is 4.79 Å². The van der Waals surface area contributed by atoms with Crippen molar-refractivity contribution in [2.45, 2.75) is 45.4 Å². The Bertz CT molecular complexity index is 475. The first kappa shape index (κ1) is 13.5. The van der Waals surface area contributed by atoms with E-state index in [2.05, 4.69) is 26.3 Å². The minimum Gasteiger partial charge on any atom is -0.377 e. The van der Waals surface area contributed by atoms with Crippen LogP contribution >= 0.6 is 15.9 Å². The van der Waals surface area contributed by atoms with Crippen molar-refractivity contribution < 1.29 is 4.74 Å². The molecule has 18 heavy (non-hydrogen) atoms. The zero-order valence-corrected chi connectivity index (χ0v) is 12.2. The highest BCUT2D eigenvalue weighted by Gasteiger charge is 2.25. The van der Waals surface area contributed by atoms with Crippen LogP contribution in [0, 0.1) is 0 Å². The third kappa shape index (κ3) is 2.75. The Morgan fingerprint density at radius 2 is 2.44 bits per heavy atom. The van der Waals surface area contributed by atoms with E-state index in [-0.39, 0.29) is 17.7 Å². The molecule has 0 saturated carbocycles. The van der Waals surface area contributed by atoms with Crippen molar-refractivity contribution in [2.75, 3.05) is 11.9 Å². The van der Waals surface area contributed by atoms with E-state index >= 15 is 0 Å². The molecule has 0 amide bonds. The number of ether oxygens (including phenoxy) is 1. The number of nitrogens with zero attached hydrogens (tertiary/aromatic N) is 2. The highest BCUT2D eigenvalue weighted by atomic mass is 79.9. The lowest BCUT2D eigenvalue weighted by Crippen LogP contribution is -2.30. The fraction of sp³-hybridized carbons (Fsp3) is 0.667. The fourth-order valence-corrected chi connectivity index (χ4v) is 2.48. The van der Waals surface area contributed by atoms with Crippen LogP contribution in [0.25, 0.3) is 0 Å². The van der Waals surface area contributed by atoms with Gasteiger partial charge in [0.2, 0.25) is 0 Å². The third-order valence-corrected chi connectivity index (χ3v) is 3.90. The molecule has 5 nitrogen and oxygen atoms in total. The molecule has 0 bridgehead atoms. The molecule has 1 aromatic heterocycles. The number of halogens is 1. The Labute approximate surface area is 115 Å². The predicted molar refractivity (Wildman–Crippen MR) is 73.9 cm³/mol. The molecule has 2 rings (SSSR count). The van der Waals surface area contributed by atoms with Gasteiger partial charge >= 0.3 is 0 Å². The van der Waals surface area contributed by atoms with Crippen LogP contribution in [0.4, 0.5) is 5.69 Å². The molecule has 100 valence electrons. The largest absolute Gasteiger partial charge is 0.377 e. The standard InChI is InChI=1S/C12H18BrN3O2/c1-3-5-16-12(17)11(13)10(7-14-16)15-9-4-6-18-8(9)2/h7-9,15H,3-6H2,1-2H3. The van der Waals surface area contributed by atoms with Gasteiger partial charge in [0, 0.05) is 13.2 Å². The second-order valence-corrected chi connectivity index (χ2v) is 5.31. The molecular weight excluding hydrogens is 298 g/mol. The van der Waals surface area contributed by atoms with Gasteiger partial charge in [-0.25, -0.2) is 4.68 Å². The van der Waals surface area contributed by atoms with E-state index in [4.69, 9.17) is 4.74 Å². The number of hydrogen-bond acceptors (Lipinski definition) is 4. The van der Waals surface area contributed by atoms with E-state index in [9.17, 15) is 4.79 Å². The lowest BCUT2D eigenvalue weighted by Gasteiger charge is -2.18. The number of aryl methyl sites for hydroxylation is 1. The van der Waals surface area contributed by atoms with Crippen molar-refractivity contribution in [3.05, 3.63) is 21.0 Å². The summed E-state index contributed by atoms with van der Waals surface area (Å²) in [6.07, 6.45) is 3.70. The summed E-state index contributed by atoms with van der Waals surface area (Å²) in [6.45, 7) is 5.45. The molecule has 2 unspecified atom stereocenters. The van der Waals surface area contributed by atoms with Crippen molar-refractivity contribution in [1.82, 2.24) is 9.78 Å². The molecule has 0 radical (unpaired) electrons. The Hall–Kier alpha value is -0.880. The van der Waals surface area contributed by atoms with Crippen molar-refractivity contribution in [2.24, 2.45) is 0 Å². The van der Waals surface area contributed by atoms with Gasteiger partial charge in [-0.1, -0.05) is 6.92 Å². The van der Waals surface area contributed by atoms with Crippen molar-refractivity contribution >= 4 is 21.6 Å². The molecule has 1 saturated heterocycles. The Morgan fingerprint density at radius 1 is 1.67 bits per heavy atom. The molecule has 1 aliphatic rings. The highest BCUT2D eigenvalue weighted by Crippen LogP contribution is 2.22. The van der Waals surface area contributed by atoms with Gasteiger partial charge in [0.05, 0.1) is 24.0 Å². The molecule has 6 heteroatoms. The lowest BCUT2D eigenvalue weighted by atomic mass is 10.1. The van der Waals surface area contributed by atoms with Crippen molar-refractivity contribution in [3.8, 4) is 0 Å². The SMILES string of the molecule is CCCn1ncc(NC2CCOC2C)c(Br)c1=O. The number of rotatable bonds is 4. The maximum Gasteiger partial charge on any atom is 0.283 e. The molecular formula is C12H18BrN3O2. The van der Waals surface area contributed by atoms with Crippen LogP contribution in [-0.2, 0) is 11.3 Å². The van der Waals surface area contributed by atoms with Crippen LogP contribution in [-0.4, -0.2) is 28.5 Å². The minimum atomic E-state index is -0.0894. The van der Waals surface area contributed by atoms with Crippen LogP contribution in [0.5, 0.6) is 0 Å². The topological polar surface area (TPSA) is 56.1 Å². The third-order valence-electron chi connectivity index (χ3n) is 3.14. The van der Waals surface area contributed by atoms with Gasteiger partial charge < -0.3 is 10.1 Å². The smallest absolute Gasteiger partial charge is 0.283 e. The highest BCUT2D eigenvalue weighted by molar-refractivity contribution is 9.10. The van der Waals surface area contributed by atoms with Gasteiger partial charge in [-0.2, -0.15) is 5.10 Å².